The summed E-state index contributed by atoms with van der Waals surface area (Å²) in [7, 11) is 0. The summed E-state index contributed by atoms with van der Waals surface area (Å²) < 4.78 is 1.88. The first kappa shape index (κ1) is 17.2. The van der Waals surface area contributed by atoms with Crippen molar-refractivity contribution in [2.24, 2.45) is 0 Å². The number of rotatable bonds is 7. The molecular weight excluding hydrogens is 358 g/mol. The Hall–Kier alpha value is -2.59. The highest BCUT2D eigenvalue weighted by Gasteiger charge is 2.16. The van der Waals surface area contributed by atoms with E-state index in [9.17, 15) is 4.79 Å². The minimum atomic E-state index is -0.173. The Morgan fingerprint density at radius 1 is 1.36 bits per heavy atom. The summed E-state index contributed by atoms with van der Waals surface area (Å²) in [6.45, 7) is 6.12. The van der Waals surface area contributed by atoms with Crippen LogP contribution in [0, 0.1) is 6.92 Å². The molecule has 3 heterocycles. The number of nitrogens with zero attached hydrogens (tertiary/aromatic N) is 6. The number of aromatic nitrogens is 6. The molecule has 3 aromatic heterocycles. The lowest BCUT2D eigenvalue weighted by Crippen LogP contribution is -2.14. The lowest BCUT2D eigenvalue weighted by Gasteiger charge is -2.07. The van der Waals surface area contributed by atoms with Crippen LogP contribution in [0.4, 0.5) is 5.13 Å². The number of pyridine rings is 1. The minimum Gasteiger partial charge on any atom is -0.300 e. The summed E-state index contributed by atoms with van der Waals surface area (Å²) >= 11 is 2.63. The van der Waals surface area contributed by atoms with Crippen LogP contribution in [-0.2, 0) is 11.3 Å². The van der Waals surface area contributed by atoms with Crippen molar-refractivity contribution in [1.29, 1.82) is 0 Å². The van der Waals surface area contributed by atoms with Gasteiger partial charge in [-0.25, -0.2) is 0 Å². The third kappa shape index (κ3) is 4.28. The lowest BCUT2D eigenvalue weighted by atomic mass is 10.3. The predicted molar refractivity (Wildman–Crippen MR) is 97.4 cm³/mol. The zero-order valence-corrected chi connectivity index (χ0v) is 15.0. The van der Waals surface area contributed by atoms with Gasteiger partial charge in [0.05, 0.1) is 5.75 Å². The molecule has 0 aromatic carbocycles. The molecule has 0 aliphatic carbocycles. The molecular formula is C15H15N7OS2. The monoisotopic (exact) mass is 373 g/mol. The third-order valence-corrected chi connectivity index (χ3v) is 4.75. The zero-order chi connectivity index (χ0) is 17.6. The average molecular weight is 373 g/mol. The summed E-state index contributed by atoms with van der Waals surface area (Å²) in [6, 6.07) is 5.59. The summed E-state index contributed by atoms with van der Waals surface area (Å²) in [5.41, 5.74) is 0.720. The van der Waals surface area contributed by atoms with E-state index < -0.39 is 0 Å². The van der Waals surface area contributed by atoms with E-state index in [2.05, 4.69) is 37.3 Å². The molecule has 0 saturated carbocycles. The van der Waals surface area contributed by atoms with Crippen LogP contribution in [0.1, 0.15) is 5.01 Å². The number of carbonyl (C=O) groups is 1. The van der Waals surface area contributed by atoms with E-state index in [1.807, 2.05) is 29.7 Å². The Morgan fingerprint density at radius 2 is 2.24 bits per heavy atom. The maximum Gasteiger partial charge on any atom is 0.236 e. The van der Waals surface area contributed by atoms with E-state index in [1.165, 1.54) is 23.1 Å². The number of aryl methyl sites for hydroxylation is 1. The van der Waals surface area contributed by atoms with Crippen LogP contribution in [0.5, 0.6) is 0 Å². The van der Waals surface area contributed by atoms with E-state index in [0.29, 0.717) is 22.7 Å². The van der Waals surface area contributed by atoms with E-state index in [0.717, 1.165) is 10.7 Å². The second-order valence-electron chi connectivity index (χ2n) is 4.88. The molecule has 0 atom stereocenters. The molecule has 1 N–H and O–H groups in total. The second-order valence-corrected chi connectivity index (χ2v) is 7.01. The molecule has 0 fully saturated rings. The van der Waals surface area contributed by atoms with Crippen molar-refractivity contribution in [2.45, 2.75) is 18.6 Å². The highest BCUT2D eigenvalue weighted by atomic mass is 32.2. The molecule has 0 aliphatic rings. The smallest absolute Gasteiger partial charge is 0.236 e. The highest BCUT2D eigenvalue weighted by Crippen LogP contribution is 2.23. The van der Waals surface area contributed by atoms with Gasteiger partial charge in [0.25, 0.3) is 0 Å². The van der Waals surface area contributed by atoms with Gasteiger partial charge in [-0.1, -0.05) is 35.2 Å². The van der Waals surface area contributed by atoms with Crippen LogP contribution < -0.4 is 5.32 Å². The topological polar surface area (TPSA) is 98.5 Å². The Bertz CT molecular complexity index is 875. The van der Waals surface area contributed by atoms with E-state index in [4.69, 9.17) is 0 Å². The van der Waals surface area contributed by atoms with Crippen LogP contribution in [0.2, 0.25) is 0 Å². The fourth-order valence-electron chi connectivity index (χ4n) is 2.01. The summed E-state index contributed by atoms with van der Waals surface area (Å²) in [5, 5.41) is 20.8. The number of allylic oxidation sites excluding steroid dienone is 1. The van der Waals surface area contributed by atoms with E-state index in [1.54, 1.807) is 12.3 Å². The fraction of sp³-hybridized carbons (Fsp3) is 0.200. The van der Waals surface area contributed by atoms with Gasteiger partial charge in [0.1, 0.15) is 10.7 Å². The predicted octanol–water partition coefficient (Wildman–Crippen LogP) is 2.42. The maximum absolute atomic E-state index is 12.1. The zero-order valence-electron chi connectivity index (χ0n) is 13.4. The standard InChI is InChI=1S/C15H15N7OS2/c1-3-8-22-13(11-6-4-5-7-16-11)19-21-15(22)24-9-12(23)17-14-20-18-10(2)25-14/h3-7H,1,8-9H2,2H3,(H,17,20,23). The second kappa shape index (κ2) is 7.99. The largest absolute Gasteiger partial charge is 0.300 e. The van der Waals surface area contributed by atoms with Gasteiger partial charge in [-0.15, -0.1) is 27.0 Å². The van der Waals surface area contributed by atoms with Gasteiger partial charge in [0.15, 0.2) is 11.0 Å². The fourth-order valence-corrected chi connectivity index (χ4v) is 3.36. The normalized spacial score (nSPS) is 10.6. The Morgan fingerprint density at radius 3 is 2.92 bits per heavy atom. The van der Waals surface area contributed by atoms with Crippen LogP contribution in [0.15, 0.2) is 42.2 Å². The van der Waals surface area contributed by atoms with Crippen molar-refractivity contribution in [3.8, 4) is 11.5 Å². The average Bonchev–Trinajstić information content (AvgIpc) is 3.20. The first-order valence-electron chi connectivity index (χ1n) is 7.35. The highest BCUT2D eigenvalue weighted by molar-refractivity contribution is 7.99. The van der Waals surface area contributed by atoms with Crippen molar-refractivity contribution in [3.05, 3.63) is 42.1 Å². The minimum absolute atomic E-state index is 0.173. The quantitative estimate of drug-likeness (QED) is 0.501. The number of hydrogen-bond acceptors (Lipinski definition) is 8. The van der Waals surface area contributed by atoms with Crippen LogP contribution >= 0.6 is 23.1 Å². The molecule has 0 saturated heterocycles. The molecule has 25 heavy (non-hydrogen) atoms. The van der Waals surface area contributed by atoms with E-state index >= 15 is 0 Å². The first-order valence-corrected chi connectivity index (χ1v) is 9.16. The summed E-state index contributed by atoms with van der Waals surface area (Å²) in [4.78, 5) is 16.4. The molecule has 0 radical (unpaired) electrons. The van der Waals surface area contributed by atoms with Crippen molar-refractivity contribution in [3.63, 3.8) is 0 Å². The summed E-state index contributed by atoms with van der Waals surface area (Å²) in [6.07, 6.45) is 3.45. The molecule has 3 aromatic rings. The Balaban J connectivity index is 1.70. The van der Waals surface area contributed by atoms with Crippen LogP contribution in [0.25, 0.3) is 11.5 Å². The number of thioether (sulfide) groups is 1. The molecule has 10 heteroatoms. The Kier molecular flexibility index (Phi) is 5.51. The molecule has 128 valence electrons. The first-order chi connectivity index (χ1) is 12.2. The lowest BCUT2D eigenvalue weighted by molar-refractivity contribution is -0.113. The van der Waals surface area contributed by atoms with Gasteiger partial charge >= 0.3 is 0 Å². The van der Waals surface area contributed by atoms with Gasteiger partial charge < -0.3 is 0 Å². The van der Waals surface area contributed by atoms with Crippen LogP contribution in [-0.4, -0.2) is 41.6 Å². The molecule has 0 aliphatic heterocycles. The maximum atomic E-state index is 12.1. The van der Waals surface area contributed by atoms with E-state index in [-0.39, 0.29) is 11.7 Å². The van der Waals surface area contributed by atoms with Gasteiger partial charge in [-0.2, -0.15) is 0 Å². The molecule has 1 amide bonds. The number of hydrogen-bond donors (Lipinski definition) is 1. The van der Waals surface area contributed by atoms with Crippen molar-refractivity contribution in [1.82, 2.24) is 29.9 Å². The molecule has 0 bridgehead atoms. The summed E-state index contributed by atoms with van der Waals surface area (Å²) in [5.74, 6) is 0.660. The van der Waals surface area contributed by atoms with Gasteiger partial charge in [-0.3, -0.25) is 19.7 Å². The van der Waals surface area contributed by atoms with Crippen molar-refractivity contribution >= 4 is 34.1 Å². The Labute approximate surface area is 152 Å². The van der Waals surface area contributed by atoms with Gasteiger partial charge in [0.2, 0.25) is 11.0 Å². The number of anilines is 1. The molecule has 8 nitrogen and oxygen atoms in total. The third-order valence-electron chi connectivity index (χ3n) is 3.03. The van der Waals surface area contributed by atoms with Crippen molar-refractivity contribution in [2.75, 3.05) is 11.1 Å². The van der Waals surface area contributed by atoms with Gasteiger partial charge in [0, 0.05) is 12.7 Å². The molecule has 0 unspecified atom stereocenters. The number of amides is 1. The number of carbonyl (C=O) groups excluding carboxylic acids is 1. The SMILES string of the molecule is C=CCn1c(SCC(=O)Nc2nnc(C)s2)nnc1-c1ccccn1. The van der Waals surface area contributed by atoms with Crippen molar-refractivity contribution < 1.29 is 4.79 Å². The van der Waals surface area contributed by atoms with Crippen LogP contribution in [0.3, 0.4) is 0 Å². The molecule has 0 spiro atoms. The van der Waals surface area contributed by atoms with Gasteiger partial charge in [-0.05, 0) is 19.1 Å². The number of nitrogens with one attached hydrogen (secondary N) is 1. The molecule has 3 rings (SSSR count).